The van der Waals surface area contributed by atoms with Gasteiger partial charge in [0.25, 0.3) is 0 Å². The molecule has 0 atom stereocenters. The van der Waals surface area contributed by atoms with E-state index in [4.69, 9.17) is 0 Å². The van der Waals surface area contributed by atoms with Crippen LogP contribution in [0.5, 0.6) is 0 Å². The van der Waals surface area contributed by atoms with Crippen molar-refractivity contribution in [3.05, 3.63) is 200 Å². The van der Waals surface area contributed by atoms with Crippen LogP contribution < -0.4 is 0 Å². The maximum absolute atomic E-state index is 10.1. The zero-order chi connectivity index (χ0) is 35.3. The lowest BCUT2D eigenvalue weighted by molar-refractivity contribution is 1.18. The maximum Gasteiger partial charge on any atom is 0.0992 e. The van der Waals surface area contributed by atoms with Crippen molar-refractivity contribution in [2.75, 3.05) is 0 Å². The Kier molecular flexibility index (Phi) is 7.23. The molecule has 0 saturated heterocycles. The van der Waals surface area contributed by atoms with Crippen LogP contribution in [0, 0.1) is 11.3 Å². The van der Waals surface area contributed by atoms with Gasteiger partial charge in [0.1, 0.15) is 0 Å². The smallest absolute Gasteiger partial charge is 0.0992 e. The van der Waals surface area contributed by atoms with Crippen LogP contribution in [0.25, 0.3) is 93.5 Å². The molecule has 1 heterocycles. The van der Waals surface area contributed by atoms with E-state index >= 15 is 0 Å². The summed E-state index contributed by atoms with van der Waals surface area (Å²) in [5.41, 5.74) is 13.2. The Labute approximate surface area is 308 Å². The fourth-order valence-electron chi connectivity index (χ4n) is 8.24. The van der Waals surface area contributed by atoms with Gasteiger partial charge in [-0.05, 0) is 102 Å². The van der Waals surface area contributed by atoms with E-state index in [1.165, 1.54) is 54.6 Å². The van der Waals surface area contributed by atoms with Gasteiger partial charge in [0, 0.05) is 16.5 Å². The number of fused-ring (bicyclic) bond motifs is 5. The van der Waals surface area contributed by atoms with Gasteiger partial charge in [-0.15, -0.1) is 0 Å². The lowest BCUT2D eigenvalue weighted by Crippen LogP contribution is -1.96. The number of hydrogen-bond acceptors (Lipinski definition) is 1. The number of para-hydroxylation sites is 2. The van der Waals surface area contributed by atoms with Gasteiger partial charge in [-0.1, -0.05) is 158 Å². The van der Waals surface area contributed by atoms with E-state index in [0.717, 1.165) is 39.0 Å². The standard InChI is InChI=1S/C51H32N2/c52-33-34-29-40(32-41(30-34)53-48-23-10-8-17-42(48)43-18-9-11-24-49(43)53)36-27-25-35(26-28-36)38-15-12-16-39(31-38)51-46-21-6-4-19-44(46)50(37-13-2-1-3-14-37)45-20-5-7-22-47(45)51/h1-32H. The number of rotatable bonds is 5. The second-order valence-electron chi connectivity index (χ2n) is 13.6. The third-order valence-electron chi connectivity index (χ3n) is 10.6. The van der Waals surface area contributed by atoms with Crippen molar-refractivity contribution in [1.82, 2.24) is 4.57 Å². The third kappa shape index (κ3) is 5.10. The lowest BCUT2D eigenvalue weighted by Gasteiger charge is -2.18. The Hall–Kier alpha value is -7.21. The van der Waals surface area contributed by atoms with Gasteiger partial charge in [-0.3, -0.25) is 0 Å². The molecule has 53 heavy (non-hydrogen) atoms. The minimum absolute atomic E-state index is 0.633. The van der Waals surface area contributed by atoms with Crippen LogP contribution in [0.3, 0.4) is 0 Å². The molecule has 0 N–H and O–H groups in total. The van der Waals surface area contributed by atoms with Crippen molar-refractivity contribution >= 4 is 43.4 Å². The van der Waals surface area contributed by atoms with Gasteiger partial charge in [-0.2, -0.15) is 5.26 Å². The molecule has 0 amide bonds. The van der Waals surface area contributed by atoms with Crippen LogP contribution in [0.4, 0.5) is 0 Å². The summed E-state index contributed by atoms with van der Waals surface area (Å²) in [7, 11) is 0. The summed E-state index contributed by atoms with van der Waals surface area (Å²) in [6.45, 7) is 0. The second kappa shape index (κ2) is 12.5. The SMILES string of the molecule is N#Cc1cc(-c2ccc(-c3cccc(-c4c5ccccc5c(-c5ccccc5)c5ccccc45)c3)cc2)cc(-n2c3ccccc3c3ccccc32)c1. The van der Waals surface area contributed by atoms with Crippen molar-refractivity contribution in [1.29, 1.82) is 5.26 Å². The molecule has 0 bridgehead atoms. The van der Waals surface area contributed by atoms with E-state index in [-0.39, 0.29) is 0 Å². The molecular formula is C51H32N2. The first kappa shape index (κ1) is 30.6. The molecule has 0 radical (unpaired) electrons. The predicted molar refractivity (Wildman–Crippen MR) is 222 cm³/mol. The Bertz CT molecular complexity index is 2940. The molecule has 9 aromatic carbocycles. The normalized spacial score (nSPS) is 11.4. The van der Waals surface area contributed by atoms with Crippen molar-refractivity contribution in [3.63, 3.8) is 0 Å². The van der Waals surface area contributed by atoms with Crippen molar-refractivity contribution in [2.24, 2.45) is 0 Å². The first-order valence-electron chi connectivity index (χ1n) is 18.0. The zero-order valence-corrected chi connectivity index (χ0v) is 28.9. The number of hydrogen-bond donors (Lipinski definition) is 0. The largest absolute Gasteiger partial charge is 0.309 e. The van der Waals surface area contributed by atoms with Crippen LogP contribution in [0.15, 0.2) is 194 Å². The number of benzene rings is 9. The molecule has 246 valence electrons. The van der Waals surface area contributed by atoms with Gasteiger partial charge >= 0.3 is 0 Å². The Balaban J connectivity index is 1.07. The number of nitrogens with zero attached hydrogens (tertiary/aromatic N) is 2. The molecule has 2 nitrogen and oxygen atoms in total. The summed E-state index contributed by atoms with van der Waals surface area (Å²) < 4.78 is 2.27. The number of nitriles is 1. The minimum atomic E-state index is 0.633. The molecule has 0 saturated carbocycles. The highest BCUT2D eigenvalue weighted by molar-refractivity contribution is 6.21. The first-order chi connectivity index (χ1) is 26.2. The highest BCUT2D eigenvalue weighted by Crippen LogP contribution is 2.44. The van der Waals surface area contributed by atoms with Crippen LogP contribution in [0.1, 0.15) is 5.56 Å². The Morgan fingerprint density at radius 3 is 1.34 bits per heavy atom. The lowest BCUT2D eigenvalue weighted by atomic mass is 9.85. The van der Waals surface area contributed by atoms with E-state index in [0.29, 0.717) is 5.56 Å². The molecule has 0 unspecified atom stereocenters. The molecule has 0 aliphatic carbocycles. The summed E-state index contributed by atoms with van der Waals surface area (Å²) >= 11 is 0. The molecule has 0 fully saturated rings. The van der Waals surface area contributed by atoms with Crippen molar-refractivity contribution in [3.8, 4) is 56.3 Å². The molecule has 0 aliphatic heterocycles. The average molecular weight is 673 g/mol. The fraction of sp³-hybridized carbons (Fsp3) is 0. The summed E-state index contributed by atoms with van der Waals surface area (Å²) in [5, 5.41) is 17.5. The van der Waals surface area contributed by atoms with Crippen molar-refractivity contribution in [2.45, 2.75) is 0 Å². The third-order valence-corrected chi connectivity index (χ3v) is 10.6. The highest BCUT2D eigenvalue weighted by atomic mass is 15.0. The van der Waals surface area contributed by atoms with E-state index < -0.39 is 0 Å². The van der Waals surface area contributed by atoms with Crippen LogP contribution in [-0.4, -0.2) is 4.57 Å². The van der Waals surface area contributed by atoms with E-state index in [2.05, 4.69) is 193 Å². The van der Waals surface area contributed by atoms with Gasteiger partial charge in [0.15, 0.2) is 0 Å². The first-order valence-corrected chi connectivity index (χ1v) is 18.0. The van der Waals surface area contributed by atoms with E-state index in [1.807, 2.05) is 12.1 Å². The molecule has 1 aromatic heterocycles. The summed E-state index contributed by atoms with van der Waals surface area (Å²) in [6.07, 6.45) is 0. The fourth-order valence-corrected chi connectivity index (χ4v) is 8.24. The number of aromatic nitrogens is 1. The molecule has 0 spiro atoms. The van der Waals surface area contributed by atoms with E-state index in [9.17, 15) is 5.26 Å². The summed E-state index contributed by atoms with van der Waals surface area (Å²) in [5.74, 6) is 0. The molecule has 0 aliphatic rings. The Morgan fingerprint density at radius 2 is 0.774 bits per heavy atom. The predicted octanol–water partition coefficient (Wildman–Crippen LogP) is 13.6. The average Bonchev–Trinajstić information content (AvgIpc) is 3.57. The van der Waals surface area contributed by atoms with Gasteiger partial charge < -0.3 is 4.57 Å². The quantitative estimate of drug-likeness (QED) is 0.167. The van der Waals surface area contributed by atoms with Crippen LogP contribution in [0.2, 0.25) is 0 Å². The van der Waals surface area contributed by atoms with Gasteiger partial charge in [-0.25, -0.2) is 0 Å². The minimum Gasteiger partial charge on any atom is -0.309 e. The Morgan fingerprint density at radius 1 is 0.321 bits per heavy atom. The topological polar surface area (TPSA) is 28.7 Å². The maximum atomic E-state index is 10.1. The zero-order valence-electron chi connectivity index (χ0n) is 28.9. The summed E-state index contributed by atoms with van der Waals surface area (Å²) in [6, 6.07) is 71.5. The van der Waals surface area contributed by atoms with Crippen molar-refractivity contribution < 1.29 is 0 Å². The van der Waals surface area contributed by atoms with Crippen LogP contribution in [-0.2, 0) is 0 Å². The van der Waals surface area contributed by atoms with Gasteiger partial charge in [0.2, 0.25) is 0 Å². The highest BCUT2D eigenvalue weighted by Gasteiger charge is 2.17. The van der Waals surface area contributed by atoms with Gasteiger partial charge in [0.05, 0.1) is 22.7 Å². The molecular weight excluding hydrogens is 641 g/mol. The monoisotopic (exact) mass is 672 g/mol. The van der Waals surface area contributed by atoms with Crippen LogP contribution >= 0.6 is 0 Å². The van der Waals surface area contributed by atoms with E-state index in [1.54, 1.807) is 0 Å². The second-order valence-corrected chi connectivity index (χ2v) is 13.6. The molecule has 2 heteroatoms. The molecule has 10 rings (SSSR count). The summed E-state index contributed by atoms with van der Waals surface area (Å²) in [4.78, 5) is 0. The molecule has 10 aromatic rings.